The molecular formula is C39H43NO2P2. The normalized spacial score (nSPS) is 20.5. The second kappa shape index (κ2) is 12.5. The molecule has 1 saturated carbocycles. The van der Waals surface area contributed by atoms with Crippen molar-refractivity contribution in [2.24, 2.45) is 5.92 Å². The molecule has 44 heavy (non-hydrogen) atoms. The molecule has 5 aromatic rings. The molecule has 1 N–H and O–H groups in total. The van der Waals surface area contributed by atoms with Gasteiger partial charge in [-0.1, -0.05) is 79.2 Å². The van der Waals surface area contributed by atoms with Gasteiger partial charge in [-0.2, -0.15) is 0 Å². The van der Waals surface area contributed by atoms with Crippen molar-refractivity contribution in [3.05, 3.63) is 107 Å². The van der Waals surface area contributed by atoms with Gasteiger partial charge in [-0.15, -0.1) is 0 Å². The molecule has 4 aromatic carbocycles. The van der Waals surface area contributed by atoms with Crippen molar-refractivity contribution in [1.82, 2.24) is 0 Å². The van der Waals surface area contributed by atoms with Crippen LogP contribution in [0.1, 0.15) is 74.1 Å². The lowest BCUT2D eigenvalue weighted by molar-refractivity contribution is 0.489. The summed E-state index contributed by atoms with van der Waals surface area (Å²) in [5.41, 5.74) is 8.70. The number of rotatable bonds is 6. The van der Waals surface area contributed by atoms with Crippen LogP contribution in [0.25, 0.3) is 21.9 Å². The summed E-state index contributed by atoms with van der Waals surface area (Å²) in [4.78, 5) is 0. The van der Waals surface area contributed by atoms with Crippen molar-refractivity contribution >= 4 is 48.6 Å². The van der Waals surface area contributed by atoms with Crippen molar-refractivity contribution in [2.45, 2.75) is 89.3 Å². The quantitative estimate of drug-likeness (QED) is 0.192. The van der Waals surface area contributed by atoms with E-state index in [0.717, 1.165) is 24.0 Å². The zero-order valence-corrected chi connectivity index (χ0v) is 27.6. The van der Waals surface area contributed by atoms with E-state index in [2.05, 4.69) is 96.9 Å². The lowest BCUT2D eigenvalue weighted by Crippen LogP contribution is -2.33. The van der Waals surface area contributed by atoms with Gasteiger partial charge in [0.25, 0.3) is 0 Å². The van der Waals surface area contributed by atoms with Crippen molar-refractivity contribution in [1.29, 1.82) is 0 Å². The van der Waals surface area contributed by atoms with E-state index in [-0.39, 0.29) is 6.04 Å². The maximum Gasteiger partial charge on any atom is 0.307 e. The molecule has 0 amide bonds. The van der Waals surface area contributed by atoms with Crippen LogP contribution in [-0.4, -0.2) is 11.7 Å². The Morgan fingerprint density at radius 3 is 1.70 bits per heavy atom. The Morgan fingerprint density at radius 2 is 1.16 bits per heavy atom. The van der Waals surface area contributed by atoms with E-state index in [9.17, 15) is 0 Å². The Balaban J connectivity index is 1.21. The van der Waals surface area contributed by atoms with Crippen LogP contribution in [0.4, 0.5) is 0 Å². The Kier molecular flexibility index (Phi) is 8.14. The third-order valence-electron chi connectivity index (χ3n) is 10.5. The molecule has 5 heteroatoms. The summed E-state index contributed by atoms with van der Waals surface area (Å²) in [5.74, 6) is 0.561. The zero-order valence-electron chi connectivity index (χ0n) is 25.8. The molecule has 0 spiro atoms. The van der Waals surface area contributed by atoms with Crippen LogP contribution in [0.5, 0.6) is 0 Å². The van der Waals surface area contributed by atoms with Gasteiger partial charge in [0.05, 0.1) is 0 Å². The lowest BCUT2D eigenvalue weighted by Gasteiger charge is -2.33. The Hall–Kier alpha value is -2.83. The molecule has 8 rings (SSSR count). The van der Waals surface area contributed by atoms with Gasteiger partial charge in [0.1, 0.15) is 11.2 Å². The minimum absolute atomic E-state index is 0.284. The number of nitrogens with one attached hydrogen (secondary N) is 1. The predicted molar refractivity (Wildman–Crippen MR) is 189 cm³/mol. The average Bonchev–Trinajstić information content (AvgIpc) is 3.49. The van der Waals surface area contributed by atoms with Crippen LogP contribution in [-0.2, 0) is 25.7 Å². The molecule has 0 bridgehead atoms. The molecule has 1 heterocycles. The fraction of sp³-hybridized carbons (Fsp3) is 0.385. The summed E-state index contributed by atoms with van der Waals surface area (Å²) in [6.07, 6.45) is 13.5. The van der Waals surface area contributed by atoms with Crippen LogP contribution < -0.4 is 15.7 Å². The highest BCUT2D eigenvalue weighted by Crippen LogP contribution is 2.52. The zero-order chi connectivity index (χ0) is 29.5. The molecule has 0 radical (unpaired) electrons. The summed E-state index contributed by atoms with van der Waals surface area (Å²) < 4.78 is 13.9. The maximum absolute atomic E-state index is 6.93. The molecule has 2 unspecified atom stereocenters. The third kappa shape index (κ3) is 5.36. The number of benzene rings is 4. The van der Waals surface area contributed by atoms with Crippen LogP contribution in [0.3, 0.4) is 0 Å². The van der Waals surface area contributed by atoms with Crippen LogP contribution in [0.2, 0.25) is 0 Å². The van der Waals surface area contributed by atoms with Crippen LogP contribution >= 0.6 is 16.1 Å². The molecule has 3 aliphatic carbocycles. The highest BCUT2D eigenvalue weighted by Gasteiger charge is 2.38. The monoisotopic (exact) mass is 619 g/mol. The van der Waals surface area contributed by atoms with E-state index in [1.54, 1.807) is 0 Å². The summed E-state index contributed by atoms with van der Waals surface area (Å²) in [7, 11) is -1.81. The van der Waals surface area contributed by atoms with Crippen molar-refractivity contribution in [3.63, 3.8) is 0 Å². The maximum atomic E-state index is 6.93. The minimum atomic E-state index is -1.34. The van der Waals surface area contributed by atoms with E-state index in [1.165, 1.54) is 101 Å². The van der Waals surface area contributed by atoms with E-state index in [4.69, 9.17) is 8.39 Å². The number of fused-ring (bicyclic) bond motifs is 7. The molecule has 1 fully saturated rings. The molecule has 0 saturated heterocycles. The molecule has 1 aromatic heterocycles. The molecule has 0 aliphatic heterocycles. The van der Waals surface area contributed by atoms with Crippen LogP contribution in [0.15, 0.2) is 93.3 Å². The smallest absolute Gasteiger partial charge is 0.307 e. The minimum Gasteiger partial charge on any atom is -0.408 e. The largest absolute Gasteiger partial charge is 0.408 e. The first-order valence-electron chi connectivity index (χ1n) is 16.9. The second-order valence-corrected chi connectivity index (χ2v) is 16.7. The second-order valence-electron chi connectivity index (χ2n) is 13.1. The van der Waals surface area contributed by atoms with Crippen molar-refractivity contribution in [3.8, 4) is 0 Å². The Morgan fingerprint density at radius 1 is 0.636 bits per heavy atom. The Bertz CT molecular complexity index is 1700. The van der Waals surface area contributed by atoms with E-state index < -0.39 is 16.1 Å². The standard InChI is InChI=1S/C39H43NO2P2/c1-27(32-21-12-22-37(32)43(30-15-4-2-5-16-30)31-17-6-3-7-18-31)40-44-41-35-25-23-28-13-8-10-19-33(28)38(35)39-34-20-11-9-14-29(34)24-26-36(39)42-44/h2-7,15-18,23-27,32,37,40H,8-14,19-22H2,1H3/t27-,32?,37?/m1/s1. The van der Waals surface area contributed by atoms with Gasteiger partial charge in [-0.3, -0.25) is 0 Å². The third-order valence-corrected chi connectivity index (χ3v) is 14.8. The average molecular weight is 620 g/mol. The highest BCUT2D eigenvalue weighted by molar-refractivity contribution is 7.73. The van der Waals surface area contributed by atoms with E-state index in [0.29, 0.717) is 11.6 Å². The van der Waals surface area contributed by atoms with E-state index >= 15 is 0 Å². The summed E-state index contributed by atoms with van der Waals surface area (Å²) in [6, 6.07) is 32.0. The first-order valence-corrected chi connectivity index (χ1v) is 19.4. The highest BCUT2D eigenvalue weighted by atomic mass is 31.1. The van der Waals surface area contributed by atoms with Gasteiger partial charge in [0.15, 0.2) is 0 Å². The Labute approximate surface area is 263 Å². The van der Waals surface area contributed by atoms with Gasteiger partial charge in [0, 0.05) is 16.8 Å². The molecule has 3 atom stereocenters. The molecular weight excluding hydrogens is 576 g/mol. The number of aryl methyl sites for hydroxylation is 4. The fourth-order valence-electron chi connectivity index (χ4n) is 8.41. The summed E-state index contributed by atoms with van der Waals surface area (Å²) in [5, 5.41) is 9.62. The topological polar surface area (TPSA) is 38.3 Å². The van der Waals surface area contributed by atoms with Gasteiger partial charge in [-0.05, 0) is 136 Å². The predicted octanol–water partition coefficient (Wildman–Crippen LogP) is 10.3. The van der Waals surface area contributed by atoms with Gasteiger partial charge < -0.3 is 8.39 Å². The van der Waals surface area contributed by atoms with Crippen molar-refractivity contribution < 1.29 is 8.39 Å². The van der Waals surface area contributed by atoms with E-state index in [1.807, 2.05) is 0 Å². The SMILES string of the molecule is C[C@@H](Np1oc2ccc3c(c2c2c4c(ccc2o1)CCCC4)CCCC3)C1CCCC1P(c1ccccc1)c1ccccc1. The first-order chi connectivity index (χ1) is 21.7. The fourth-order valence-corrected chi connectivity index (χ4v) is 13.0. The van der Waals surface area contributed by atoms with Gasteiger partial charge in [-0.25, -0.2) is 5.09 Å². The first kappa shape index (κ1) is 28.6. The van der Waals surface area contributed by atoms with Gasteiger partial charge in [0.2, 0.25) is 0 Å². The lowest BCUT2D eigenvalue weighted by atomic mass is 9.84. The molecule has 3 aliphatic rings. The molecule has 3 nitrogen and oxygen atoms in total. The van der Waals surface area contributed by atoms with Crippen LogP contribution in [0, 0.1) is 5.92 Å². The summed E-state index contributed by atoms with van der Waals surface area (Å²) in [6.45, 7) is 2.38. The summed E-state index contributed by atoms with van der Waals surface area (Å²) >= 11 is 0. The number of hydrogen-bond acceptors (Lipinski definition) is 3. The van der Waals surface area contributed by atoms with Crippen molar-refractivity contribution in [2.75, 3.05) is 5.09 Å². The molecule has 226 valence electrons. The van der Waals surface area contributed by atoms with Gasteiger partial charge >= 0.3 is 8.16 Å². The number of hydrogen-bond donors (Lipinski definition) is 1.